The van der Waals surface area contributed by atoms with Crippen LogP contribution >= 0.6 is 11.6 Å². The van der Waals surface area contributed by atoms with E-state index in [1.54, 1.807) is 0 Å². The fraction of sp³-hybridized carbons (Fsp3) is 0.571. The van der Waals surface area contributed by atoms with Crippen LogP contribution < -0.4 is 5.32 Å². The van der Waals surface area contributed by atoms with Gasteiger partial charge in [-0.3, -0.25) is 0 Å². The molecule has 1 N–H and O–H groups in total. The van der Waals surface area contributed by atoms with E-state index < -0.39 is 0 Å². The first-order valence-electron chi connectivity index (χ1n) is 6.05. The molecular formula is C14H22ClN. The molecule has 0 amide bonds. The summed E-state index contributed by atoms with van der Waals surface area (Å²) in [6.45, 7) is 7.85. The second-order valence-electron chi connectivity index (χ2n) is 4.87. The van der Waals surface area contributed by atoms with Crippen LogP contribution in [0.25, 0.3) is 0 Å². The second-order valence-corrected chi connectivity index (χ2v) is 5.30. The van der Waals surface area contributed by atoms with E-state index in [-0.39, 0.29) is 0 Å². The molecule has 0 saturated carbocycles. The van der Waals surface area contributed by atoms with Gasteiger partial charge in [-0.1, -0.05) is 37.6 Å². The molecule has 1 atom stereocenters. The molecule has 90 valence electrons. The Morgan fingerprint density at radius 3 is 2.31 bits per heavy atom. The molecule has 1 aromatic rings. The molecule has 0 aliphatic heterocycles. The van der Waals surface area contributed by atoms with Crippen molar-refractivity contribution in [3.63, 3.8) is 0 Å². The monoisotopic (exact) mass is 239 g/mol. The largest absolute Gasteiger partial charge is 0.314 e. The maximum atomic E-state index is 5.85. The van der Waals surface area contributed by atoms with Crippen molar-refractivity contribution in [2.75, 3.05) is 6.54 Å². The Labute approximate surface area is 104 Å². The topological polar surface area (TPSA) is 12.0 Å². The van der Waals surface area contributed by atoms with Crippen LogP contribution in [-0.4, -0.2) is 12.6 Å². The zero-order chi connectivity index (χ0) is 12.0. The minimum atomic E-state index is 0.528. The van der Waals surface area contributed by atoms with Gasteiger partial charge >= 0.3 is 0 Å². The fourth-order valence-electron chi connectivity index (χ4n) is 1.66. The van der Waals surface area contributed by atoms with Gasteiger partial charge in [-0.25, -0.2) is 0 Å². The average molecular weight is 240 g/mol. The maximum absolute atomic E-state index is 5.85. The molecule has 2 heteroatoms. The van der Waals surface area contributed by atoms with E-state index >= 15 is 0 Å². The third-order valence-electron chi connectivity index (χ3n) is 2.67. The average Bonchev–Trinajstić information content (AvgIpc) is 2.21. The zero-order valence-electron chi connectivity index (χ0n) is 10.5. The van der Waals surface area contributed by atoms with Gasteiger partial charge in [0, 0.05) is 11.1 Å². The molecule has 1 nitrogen and oxygen atoms in total. The SMILES string of the molecule is CC(C)CCNC(C)Cc1ccc(Cl)cc1. The molecule has 0 fully saturated rings. The van der Waals surface area contributed by atoms with Gasteiger partial charge in [0.2, 0.25) is 0 Å². The van der Waals surface area contributed by atoms with Gasteiger partial charge in [-0.05, 0) is 49.9 Å². The number of hydrogen-bond donors (Lipinski definition) is 1. The number of rotatable bonds is 6. The Balaban J connectivity index is 2.28. The number of benzene rings is 1. The molecule has 0 bridgehead atoms. The minimum Gasteiger partial charge on any atom is -0.314 e. The van der Waals surface area contributed by atoms with Crippen LogP contribution in [0.1, 0.15) is 32.8 Å². The van der Waals surface area contributed by atoms with Crippen LogP contribution in [0.3, 0.4) is 0 Å². The number of hydrogen-bond acceptors (Lipinski definition) is 1. The van der Waals surface area contributed by atoms with Gasteiger partial charge in [0.15, 0.2) is 0 Å². The summed E-state index contributed by atoms with van der Waals surface area (Å²) in [6, 6.07) is 8.64. The molecule has 1 unspecified atom stereocenters. The van der Waals surface area contributed by atoms with E-state index in [9.17, 15) is 0 Å². The molecule has 0 aromatic heterocycles. The van der Waals surface area contributed by atoms with Crippen molar-refractivity contribution in [3.8, 4) is 0 Å². The number of halogens is 1. The quantitative estimate of drug-likeness (QED) is 0.794. The van der Waals surface area contributed by atoms with Gasteiger partial charge in [-0.15, -0.1) is 0 Å². The third-order valence-corrected chi connectivity index (χ3v) is 2.92. The van der Waals surface area contributed by atoms with Gasteiger partial charge < -0.3 is 5.32 Å². The summed E-state index contributed by atoms with van der Waals surface area (Å²) in [5.74, 6) is 0.773. The summed E-state index contributed by atoms with van der Waals surface area (Å²) in [4.78, 5) is 0. The highest BCUT2D eigenvalue weighted by atomic mass is 35.5. The Morgan fingerprint density at radius 2 is 1.75 bits per heavy atom. The van der Waals surface area contributed by atoms with E-state index in [1.165, 1.54) is 12.0 Å². The predicted molar refractivity (Wildman–Crippen MR) is 72.1 cm³/mol. The molecule has 1 rings (SSSR count). The lowest BCUT2D eigenvalue weighted by Gasteiger charge is -2.14. The van der Waals surface area contributed by atoms with Crippen molar-refractivity contribution < 1.29 is 0 Å². The molecular weight excluding hydrogens is 218 g/mol. The molecule has 0 radical (unpaired) electrons. The Kier molecular flexibility index (Phi) is 5.86. The Hall–Kier alpha value is -0.530. The fourth-order valence-corrected chi connectivity index (χ4v) is 1.79. The smallest absolute Gasteiger partial charge is 0.0406 e. The van der Waals surface area contributed by atoms with Crippen molar-refractivity contribution in [2.45, 2.75) is 39.7 Å². The van der Waals surface area contributed by atoms with Crippen molar-refractivity contribution in [1.29, 1.82) is 0 Å². The van der Waals surface area contributed by atoms with Gasteiger partial charge in [0.25, 0.3) is 0 Å². The summed E-state index contributed by atoms with van der Waals surface area (Å²) < 4.78 is 0. The standard InChI is InChI=1S/C14H22ClN/c1-11(2)8-9-16-12(3)10-13-4-6-14(15)7-5-13/h4-7,11-12,16H,8-10H2,1-3H3. The lowest BCUT2D eigenvalue weighted by molar-refractivity contribution is 0.485. The van der Waals surface area contributed by atoms with E-state index in [4.69, 9.17) is 11.6 Å². The molecule has 0 spiro atoms. The van der Waals surface area contributed by atoms with Crippen molar-refractivity contribution in [2.24, 2.45) is 5.92 Å². The minimum absolute atomic E-state index is 0.528. The van der Waals surface area contributed by atoms with Crippen molar-refractivity contribution in [3.05, 3.63) is 34.9 Å². The summed E-state index contributed by atoms with van der Waals surface area (Å²) in [5.41, 5.74) is 1.34. The third kappa shape index (κ3) is 5.53. The second kappa shape index (κ2) is 6.93. The van der Waals surface area contributed by atoms with E-state index in [2.05, 4.69) is 38.2 Å². The summed E-state index contributed by atoms with van der Waals surface area (Å²) >= 11 is 5.85. The van der Waals surface area contributed by atoms with Crippen molar-refractivity contribution >= 4 is 11.6 Å². The summed E-state index contributed by atoms with van der Waals surface area (Å²) in [6.07, 6.45) is 2.31. The van der Waals surface area contributed by atoms with Crippen LogP contribution in [0.4, 0.5) is 0 Å². The van der Waals surface area contributed by atoms with Crippen LogP contribution in [0, 0.1) is 5.92 Å². The number of nitrogens with one attached hydrogen (secondary N) is 1. The molecule has 0 heterocycles. The first kappa shape index (κ1) is 13.5. The van der Waals surface area contributed by atoms with Gasteiger partial charge in [-0.2, -0.15) is 0 Å². The molecule has 1 aromatic carbocycles. The van der Waals surface area contributed by atoms with E-state index in [0.29, 0.717) is 6.04 Å². The summed E-state index contributed by atoms with van der Waals surface area (Å²) in [5, 5.41) is 4.35. The highest BCUT2D eigenvalue weighted by molar-refractivity contribution is 6.30. The Bertz CT molecular complexity index is 292. The first-order valence-corrected chi connectivity index (χ1v) is 6.43. The van der Waals surface area contributed by atoms with Crippen LogP contribution in [0.15, 0.2) is 24.3 Å². The van der Waals surface area contributed by atoms with Crippen LogP contribution in [-0.2, 0) is 6.42 Å². The molecule has 0 aliphatic carbocycles. The molecule has 0 saturated heterocycles. The maximum Gasteiger partial charge on any atom is 0.0406 e. The van der Waals surface area contributed by atoms with Crippen LogP contribution in [0.2, 0.25) is 5.02 Å². The highest BCUT2D eigenvalue weighted by Crippen LogP contribution is 2.11. The molecule has 0 aliphatic rings. The van der Waals surface area contributed by atoms with Crippen LogP contribution in [0.5, 0.6) is 0 Å². The van der Waals surface area contributed by atoms with Gasteiger partial charge in [0.05, 0.1) is 0 Å². The molecule has 16 heavy (non-hydrogen) atoms. The Morgan fingerprint density at radius 1 is 1.12 bits per heavy atom. The lowest BCUT2D eigenvalue weighted by Crippen LogP contribution is -2.29. The normalized spacial score (nSPS) is 13.1. The summed E-state index contributed by atoms with van der Waals surface area (Å²) in [7, 11) is 0. The van der Waals surface area contributed by atoms with E-state index in [0.717, 1.165) is 23.9 Å². The predicted octanol–water partition coefficient (Wildman–Crippen LogP) is 3.91. The van der Waals surface area contributed by atoms with E-state index in [1.807, 2.05) is 12.1 Å². The zero-order valence-corrected chi connectivity index (χ0v) is 11.2. The first-order chi connectivity index (χ1) is 7.58. The lowest BCUT2D eigenvalue weighted by atomic mass is 10.1. The van der Waals surface area contributed by atoms with Crippen molar-refractivity contribution in [1.82, 2.24) is 5.32 Å². The van der Waals surface area contributed by atoms with Gasteiger partial charge in [0.1, 0.15) is 0 Å². The highest BCUT2D eigenvalue weighted by Gasteiger charge is 2.03.